The van der Waals surface area contributed by atoms with Crippen LogP contribution in [-0.4, -0.2) is 51.2 Å². The summed E-state index contributed by atoms with van der Waals surface area (Å²) in [4.78, 5) is 14.7. The highest BCUT2D eigenvalue weighted by Gasteiger charge is 2.28. The molecular formula is C18H26N2O3S. The molecule has 1 aromatic carbocycles. The molecule has 1 aliphatic carbocycles. The number of carbonyl (C=O) groups is 1. The van der Waals surface area contributed by atoms with Crippen LogP contribution in [0.15, 0.2) is 35.2 Å². The van der Waals surface area contributed by atoms with Gasteiger partial charge in [0.05, 0.1) is 16.6 Å². The van der Waals surface area contributed by atoms with Gasteiger partial charge in [0.15, 0.2) is 9.84 Å². The predicted molar refractivity (Wildman–Crippen MR) is 93.4 cm³/mol. The Labute approximate surface area is 144 Å². The van der Waals surface area contributed by atoms with Crippen molar-refractivity contribution in [3.63, 3.8) is 0 Å². The van der Waals surface area contributed by atoms with E-state index < -0.39 is 9.84 Å². The van der Waals surface area contributed by atoms with Crippen molar-refractivity contribution in [3.8, 4) is 0 Å². The van der Waals surface area contributed by atoms with Gasteiger partial charge < -0.3 is 10.2 Å². The van der Waals surface area contributed by atoms with Crippen LogP contribution in [0.2, 0.25) is 0 Å². The summed E-state index contributed by atoms with van der Waals surface area (Å²) in [5.74, 6) is 0.923. The van der Waals surface area contributed by atoms with Gasteiger partial charge in [0.1, 0.15) is 0 Å². The van der Waals surface area contributed by atoms with Crippen molar-refractivity contribution < 1.29 is 13.2 Å². The van der Waals surface area contributed by atoms with Crippen LogP contribution in [-0.2, 0) is 14.6 Å². The van der Waals surface area contributed by atoms with Crippen LogP contribution in [0, 0.1) is 11.8 Å². The van der Waals surface area contributed by atoms with Crippen LogP contribution in [0.3, 0.4) is 0 Å². The molecule has 1 aliphatic heterocycles. The molecule has 132 valence electrons. The van der Waals surface area contributed by atoms with Gasteiger partial charge in [0, 0.05) is 19.6 Å². The Hall–Kier alpha value is -1.40. The largest absolute Gasteiger partial charge is 0.356 e. The zero-order valence-corrected chi connectivity index (χ0v) is 14.8. The van der Waals surface area contributed by atoms with E-state index in [1.807, 2.05) is 6.07 Å². The van der Waals surface area contributed by atoms with Crippen molar-refractivity contribution >= 4 is 15.7 Å². The highest BCUT2D eigenvalue weighted by Crippen LogP contribution is 2.28. The Kier molecular flexibility index (Phi) is 5.56. The molecule has 1 N–H and O–H groups in total. The summed E-state index contributed by atoms with van der Waals surface area (Å²) in [5, 5.41) is 3.05. The summed E-state index contributed by atoms with van der Waals surface area (Å²) in [6, 6.07) is 8.58. The Balaban J connectivity index is 1.49. The summed E-state index contributed by atoms with van der Waals surface area (Å²) in [7, 11) is -3.25. The molecule has 1 atom stereocenters. The van der Waals surface area contributed by atoms with Gasteiger partial charge in [-0.2, -0.15) is 0 Å². The van der Waals surface area contributed by atoms with Crippen molar-refractivity contribution in [3.05, 3.63) is 30.3 Å². The van der Waals surface area contributed by atoms with Crippen molar-refractivity contribution in [2.45, 2.75) is 30.6 Å². The van der Waals surface area contributed by atoms with Crippen molar-refractivity contribution in [2.75, 3.05) is 31.9 Å². The maximum atomic E-state index is 12.4. The highest BCUT2D eigenvalue weighted by atomic mass is 32.2. The molecule has 3 rings (SSSR count). The maximum Gasteiger partial charge on any atom is 0.224 e. The first-order chi connectivity index (χ1) is 11.5. The standard InChI is InChI=1S/C18H26N2O3S/c21-18(19-13-15-8-9-15)16-5-4-10-20(14-16)11-12-24(22,23)17-6-2-1-3-7-17/h1-3,6-7,15-16H,4-5,8-14H2,(H,19,21)/t16-/m1/s1. The number of hydrogen-bond donors (Lipinski definition) is 1. The second-order valence-corrected chi connectivity index (χ2v) is 9.07. The van der Waals surface area contributed by atoms with Gasteiger partial charge in [-0.25, -0.2) is 8.42 Å². The summed E-state index contributed by atoms with van der Waals surface area (Å²) in [5.41, 5.74) is 0. The number of rotatable bonds is 7. The fraction of sp³-hybridized carbons (Fsp3) is 0.611. The number of carbonyl (C=O) groups excluding carboxylic acids is 1. The number of hydrogen-bond acceptors (Lipinski definition) is 4. The van der Waals surface area contributed by atoms with E-state index in [9.17, 15) is 13.2 Å². The first kappa shape index (κ1) is 17.4. The molecule has 5 nitrogen and oxygen atoms in total. The van der Waals surface area contributed by atoms with E-state index >= 15 is 0 Å². The molecule has 6 heteroatoms. The van der Waals surface area contributed by atoms with Crippen LogP contribution in [0.25, 0.3) is 0 Å². The molecule has 1 aromatic rings. The Morgan fingerprint density at radius 3 is 2.62 bits per heavy atom. The number of sulfone groups is 1. The Bertz CT molecular complexity index is 656. The molecule has 1 saturated heterocycles. The van der Waals surface area contributed by atoms with Crippen LogP contribution < -0.4 is 5.32 Å². The fourth-order valence-corrected chi connectivity index (χ4v) is 4.48. The Morgan fingerprint density at radius 1 is 1.17 bits per heavy atom. The van der Waals surface area contributed by atoms with E-state index in [0.29, 0.717) is 23.9 Å². The van der Waals surface area contributed by atoms with E-state index in [1.165, 1.54) is 12.8 Å². The third kappa shape index (κ3) is 4.80. The number of likely N-dealkylation sites (tertiary alicyclic amines) is 1. The lowest BCUT2D eigenvalue weighted by Gasteiger charge is -2.31. The second-order valence-electron chi connectivity index (χ2n) is 6.96. The zero-order chi connectivity index (χ0) is 17.0. The molecule has 0 unspecified atom stereocenters. The third-order valence-corrected chi connectivity index (χ3v) is 6.63. The molecule has 1 saturated carbocycles. The first-order valence-corrected chi connectivity index (χ1v) is 10.5. The minimum Gasteiger partial charge on any atom is -0.356 e. The van der Waals surface area contributed by atoms with Gasteiger partial charge in [0.25, 0.3) is 0 Å². The van der Waals surface area contributed by atoms with Gasteiger partial charge in [-0.05, 0) is 50.3 Å². The number of piperidine rings is 1. The molecule has 1 amide bonds. The van der Waals surface area contributed by atoms with E-state index in [-0.39, 0.29) is 17.6 Å². The minimum atomic E-state index is -3.25. The lowest BCUT2D eigenvalue weighted by atomic mass is 9.97. The average molecular weight is 350 g/mol. The van der Waals surface area contributed by atoms with Gasteiger partial charge >= 0.3 is 0 Å². The van der Waals surface area contributed by atoms with E-state index in [4.69, 9.17) is 0 Å². The molecule has 0 spiro atoms. The summed E-state index contributed by atoms with van der Waals surface area (Å²) in [6.07, 6.45) is 4.31. The topological polar surface area (TPSA) is 66.5 Å². The number of benzene rings is 1. The number of amides is 1. The molecule has 2 fully saturated rings. The second kappa shape index (κ2) is 7.66. The van der Waals surface area contributed by atoms with Gasteiger partial charge in [-0.1, -0.05) is 18.2 Å². The summed E-state index contributed by atoms with van der Waals surface area (Å²) >= 11 is 0. The fourth-order valence-electron chi connectivity index (χ4n) is 3.18. The normalized spacial score (nSPS) is 22.2. The van der Waals surface area contributed by atoms with Gasteiger partial charge in [-0.15, -0.1) is 0 Å². The van der Waals surface area contributed by atoms with Crippen molar-refractivity contribution in [2.24, 2.45) is 11.8 Å². The zero-order valence-electron chi connectivity index (χ0n) is 14.0. The van der Waals surface area contributed by atoms with Crippen LogP contribution in [0.1, 0.15) is 25.7 Å². The minimum absolute atomic E-state index is 0.00284. The van der Waals surface area contributed by atoms with E-state index in [2.05, 4.69) is 10.2 Å². The summed E-state index contributed by atoms with van der Waals surface area (Å²) in [6.45, 7) is 2.83. The molecule has 0 radical (unpaired) electrons. The van der Waals surface area contributed by atoms with Crippen LogP contribution >= 0.6 is 0 Å². The quantitative estimate of drug-likeness (QED) is 0.813. The molecule has 0 bridgehead atoms. The van der Waals surface area contributed by atoms with E-state index in [1.54, 1.807) is 24.3 Å². The SMILES string of the molecule is O=C(NCC1CC1)[C@@H]1CCCN(CCS(=O)(=O)c2ccccc2)C1. The van der Waals surface area contributed by atoms with Gasteiger partial charge in [0.2, 0.25) is 5.91 Å². The number of nitrogens with one attached hydrogen (secondary N) is 1. The highest BCUT2D eigenvalue weighted by molar-refractivity contribution is 7.91. The van der Waals surface area contributed by atoms with Crippen LogP contribution in [0.5, 0.6) is 0 Å². The van der Waals surface area contributed by atoms with Crippen molar-refractivity contribution in [1.29, 1.82) is 0 Å². The Morgan fingerprint density at radius 2 is 1.92 bits per heavy atom. The third-order valence-electron chi connectivity index (χ3n) is 4.92. The van der Waals surface area contributed by atoms with Crippen molar-refractivity contribution in [1.82, 2.24) is 10.2 Å². The molecule has 0 aromatic heterocycles. The lowest BCUT2D eigenvalue weighted by molar-refractivity contribution is -0.126. The molecule has 1 heterocycles. The van der Waals surface area contributed by atoms with Gasteiger partial charge in [-0.3, -0.25) is 4.79 Å². The lowest BCUT2D eigenvalue weighted by Crippen LogP contribution is -2.44. The number of nitrogens with zero attached hydrogens (tertiary/aromatic N) is 1. The maximum absolute atomic E-state index is 12.4. The van der Waals surface area contributed by atoms with E-state index in [0.717, 1.165) is 25.9 Å². The monoisotopic (exact) mass is 350 g/mol. The smallest absolute Gasteiger partial charge is 0.224 e. The molecule has 2 aliphatic rings. The molecule has 24 heavy (non-hydrogen) atoms. The predicted octanol–water partition coefficient (Wildman–Crippen LogP) is 1.70. The van der Waals surface area contributed by atoms with Crippen LogP contribution in [0.4, 0.5) is 0 Å². The average Bonchev–Trinajstić information content (AvgIpc) is 3.43. The first-order valence-electron chi connectivity index (χ1n) is 8.82. The summed E-state index contributed by atoms with van der Waals surface area (Å²) < 4.78 is 24.7. The molecular weight excluding hydrogens is 324 g/mol.